The standard InChI is InChI=1S/C11H14N2O4S4/c1-8-10(13-19-12-8)7-21(16,17)11(2,20(3,14)15)9-4-5-18-6-9/h4-6H,7H2,1-3H3. The van der Waals surface area contributed by atoms with Crippen LogP contribution in [-0.2, 0) is 29.5 Å². The molecule has 1 atom stereocenters. The number of nitrogens with zero attached hydrogens (tertiary/aromatic N) is 2. The summed E-state index contributed by atoms with van der Waals surface area (Å²) < 4.78 is 55.8. The summed E-state index contributed by atoms with van der Waals surface area (Å²) in [4.78, 5) is 0. The zero-order valence-electron chi connectivity index (χ0n) is 11.6. The first kappa shape index (κ1) is 16.5. The summed E-state index contributed by atoms with van der Waals surface area (Å²) in [5.41, 5.74) is 1.06. The predicted octanol–water partition coefficient (Wildman–Crippen LogP) is 1.74. The topological polar surface area (TPSA) is 94.1 Å². The Hall–Kier alpha value is -0.840. The Labute approximate surface area is 132 Å². The van der Waals surface area contributed by atoms with Crippen molar-refractivity contribution in [2.24, 2.45) is 0 Å². The molecule has 10 heteroatoms. The Kier molecular flexibility index (Phi) is 4.26. The molecule has 0 amide bonds. The molecule has 0 aromatic carbocycles. The van der Waals surface area contributed by atoms with Crippen LogP contribution in [0.1, 0.15) is 23.9 Å². The van der Waals surface area contributed by atoms with Crippen LogP contribution in [0.2, 0.25) is 0 Å². The molecule has 0 fully saturated rings. The lowest BCUT2D eigenvalue weighted by atomic mass is 10.2. The number of aryl methyl sites for hydroxylation is 1. The number of hydrogen-bond acceptors (Lipinski definition) is 8. The number of thiophene rings is 1. The van der Waals surface area contributed by atoms with E-state index in [1.165, 1.54) is 24.3 Å². The highest BCUT2D eigenvalue weighted by Gasteiger charge is 2.50. The lowest BCUT2D eigenvalue weighted by Crippen LogP contribution is -2.40. The van der Waals surface area contributed by atoms with E-state index in [0.717, 1.165) is 18.0 Å². The summed E-state index contributed by atoms with van der Waals surface area (Å²) in [5, 5.41) is 3.20. The zero-order valence-corrected chi connectivity index (χ0v) is 14.9. The monoisotopic (exact) mass is 366 g/mol. The number of rotatable bonds is 5. The summed E-state index contributed by atoms with van der Waals surface area (Å²) >= 11 is 2.17. The quantitative estimate of drug-likeness (QED) is 0.800. The molecule has 0 spiro atoms. The third-order valence-electron chi connectivity index (χ3n) is 3.42. The molecule has 116 valence electrons. The molecule has 2 rings (SSSR count). The molecule has 0 N–H and O–H groups in total. The van der Waals surface area contributed by atoms with Gasteiger partial charge in [0.15, 0.2) is 23.8 Å². The molecule has 0 bridgehead atoms. The van der Waals surface area contributed by atoms with Gasteiger partial charge in [-0.25, -0.2) is 16.8 Å². The van der Waals surface area contributed by atoms with Gasteiger partial charge in [0.1, 0.15) is 0 Å². The van der Waals surface area contributed by atoms with E-state index in [9.17, 15) is 16.8 Å². The first-order valence-corrected chi connectivity index (χ1v) is 11.0. The van der Waals surface area contributed by atoms with Gasteiger partial charge in [0.05, 0.1) is 28.9 Å². The molecule has 2 heterocycles. The van der Waals surface area contributed by atoms with Crippen molar-refractivity contribution >= 4 is 42.7 Å². The van der Waals surface area contributed by atoms with Crippen LogP contribution in [-0.4, -0.2) is 31.8 Å². The molecule has 2 aromatic rings. The van der Waals surface area contributed by atoms with Crippen molar-refractivity contribution in [3.05, 3.63) is 33.8 Å². The highest BCUT2D eigenvalue weighted by molar-refractivity contribution is 8.08. The average molecular weight is 367 g/mol. The fourth-order valence-electron chi connectivity index (χ4n) is 1.85. The maximum absolute atomic E-state index is 12.8. The Bertz CT molecular complexity index is 837. The van der Waals surface area contributed by atoms with Gasteiger partial charge in [-0.3, -0.25) is 0 Å². The Morgan fingerprint density at radius 2 is 1.90 bits per heavy atom. The van der Waals surface area contributed by atoms with Crippen molar-refractivity contribution in [3.8, 4) is 0 Å². The van der Waals surface area contributed by atoms with E-state index in [0.29, 0.717) is 11.4 Å². The van der Waals surface area contributed by atoms with E-state index in [2.05, 4.69) is 8.75 Å². The lowest BCUT2D eigenvalue weighted by Gasteiger charge is -2.26. The van der Waals surface area contributed by atoms with E-state index in [1.54, 1.807) is 17.7 Å². The molecule has 0 saturated carbocycles. The zero-order chi connectivity index (χ0) is 15.9. The maximum Gasteiger partial charge on any atom is 0.196 e. The third-order valence-corrected chi connectivity index (χ3v) is 10.2. The molecule has 21 heavy (non-hydrogen) atoms. The second-order valence-electron chi connectivity index (χ2n) is 4.79. The molecule has 0 aliphatic rings. The summed E-state index contributed by atoms with van der Waals surface area (Å²) in [7, 11) is -7.91. The molecule has 2 aromatic heterocycles. The summed E-state index contributed by atoms with van der Waals surface area (Å²) in [6, 6.07) is 1.52. The highest BCUT2D eigenvalue weighted by Crippen LogP contribution is 2.38. The second kappa shape index (κ2) is 5.41. The molecule has 0 saturated heterocycles. The van der Waals surface area contributed by atoms with Crippen molar-refractivity contribution in [3.63, 3.8) is 0 Å². The van der Waals surface area contributed by atoms with E-state index >= 15 is 0 Å². The van der Waals surface area contributed by atoms with Gasteiger partial charge in [-0.15, -0.1) is 0 Å². The Balaban J connectivity index is 2.60. The van der Waals surface area contributed by atoms with Crippen LogP contribution in [0.5, 0.6) is 0 Å². The van der Waals surface area contributed by atoms with Crippen molar-refractivity contribution in [1.29, 1.82) is 0 Å². The van der Waals surface area contributed by atoms with Gasteiger partial charge in [0.2, 0.25) is 0 Å². The number of aromatic nitrogens is 2. The van der Waals surface area contributed by atoms with E-state index in [-0.39, 0.29) is 5.56 Å². The van der Waals surface area contributed by atoms with E-state index in [1.807, 2.05) is 0 Å². The highest BCUT2D eigenvalue weighted by atomic mass is 32.3. The molecule has 0 aliphatic heterocycles. The van der Waals surface area contributed by atoms with Gasteiger partial charge in [0.25, 0.3) is 0 Å². The molecule has 0 aliphatic carbocycles. The molecular weight excluding hydrogens is 352 g/mol. The smallest absolute Gasteiger partial charge is 0.196 e. The largest absolute Gasteiger partial charge is 0.227 e. The first-order chi connectivity index (χ1) is 9.59. The Morgan fingerprint density at radius 1 is 1.24 bits per heavy atom. The lowest BCUT2D eigenvalue weighted by molar-refractivity contribution is 0.555. The van der Waals surface area contributed by atoms with E-state index in [4.69, 9.17) is 0 Å². The number of hydrogen-bond donors (Lipinski definition) is 0. The minimum absolute atomic E-state index is 0.260. The van der Waals surface area contributed by atoms with Gasteiger partial charge >= 0.3 is 0 Å². The maximum atomic E-state index is 12.8. The molecule has 1 unspecified atom stereocenters. The van der Waals surface area contributed by atoms with Gasteiger partial charge in [-0.2, -0.15) is 20.1 Å². The summed E-state index contributed by atoms with van der Waals surface area (Å²) in [6.45, 7) is 2.88. The van der Waals surface area contributed by atoms with Crippen molar-refractivity contribution in [1.82, 2.24) is 8.75 Å². The first-order valence-electron chi connectivity index (χ1n) is 5.82. The summed E-state index contributed by atoms with van der Waals surface area (Å²) in [6.07, 6.45) is 0.939. The van der Waals surface area contributed by atoms with Gasteiger partial charge in [0, 0.05) is 6.26 Å². The average Bonchev–Trinajstić information content (AvgIpc) is 2.99. The van der Waals surface area contributed by atoms with Gasteiger partial charge in [-0.05, 0) is 36.2 Å². The van der Waals surface area contributed by atoms with Crippen LogP contribution >= 0.6 is 23.1 Å². The minimum atomic E-state index is -4.03. The molecule has 6 nitrogen and oxygen atoms in total. The van der Waals surface area contributed by atoms with Crippen LogP contribution in [0, 0.1) is 6.92 Å². The second-order valence-corrected chi connectivity index (χ2v) is 11.0. The fraction of sp³-hybridized carbons (Fsp3) is 0.455. The van der Waals surface area contributed by atoms with Crippen LogP contribution in [0.4, 0.5) is 0 Å². The Morgan fingerprint density at radius 3 is 2.33 bits per heavy atom. The van der Waals surface area contributed by atoms with Crippen LogP contribution in [0.25, 0.3) is 0 Å². The van der Waals surface area contributed by atoms with Gasteiger partial charge < -0.3 is 0 Å². The number of sulfone groups is 2. The normalized spacial score (nSPS) is 15.8. The van der Waals surface area contributed by atoms with Crippen molar-refractivity contribution < 1.29 is 16.8 Å². The molecule has 0 radical (unpaired) electrons. The SMILES string of the molecule is Cc1nsnc1CS(=O)(=O)C(C)(c1ccsc1)S(C)(=O)=O. The summed E-state index contributed by atoms with van der Waals surface area (Å²) in [5.74, 6) is -0.450. The predicted molar refractivity (Wildman–Crippen MR) is 83.8 cm³/mol. The van der Waals surface area contributed by atoms with Crippen LogP contribution in [0.15, 0.2) is 16.8 Å². The van der Waals surface area contributed by atoms with Crippen LogP contribution < -0.4 is 0 Å². The fourth-order valence-corrected chi connectivity index (χ4v) is 7.38. The molecular formula is C11H14N2O4S4. The van der Waals surface area contributed by atoms with E-state index < -0.39 is 29.5 Å². The van der Waals surface area contributed by atoms with Crippen molar-refractivity contribution in [2.45, 2.75) is 23.7 Å². The third kappa shape index (κ3) is 2.77. The minimum Gasteiger partial charge on any atom is -0.227 e. The van der Waals surface area contributed by atoms with Crippen LogP contribution in [0.3, 0.4) is 0 Å². The van der Waals surface area contributed by atoms with Crippen molar-refractivity contribution in [2.75, 3.05) is 6.26 Å². The van der Waals surface area contributed by atoms with Gasteiger partial charge in [-0.1, -0.05) is 0 Å².